The Hall–Kier alpha value is -3.34. The molecule has 3 aromatic rings. The molecule has 5 heteroatoms. The van der Waals surface area contributed by atoms with Gasteiger partial charge in [-0.25, -0.2) is 13.8 Å². The van der Waals surface area contributed by atoms with Gasteiger partial charge in [0.25, 0.3) is 0 Å². The van der Waals surface area contributed by atoms with Crippen LogP contribution in [0.2, 0.25) is 0 Å². The molecule has 0 amide bonds. The Balaban J connectivity index is 2.00. The molecular weight excluding hydrogens is 452 g/mol. The summed E-state index contributed by atoms with van der Waals surface area (Å²) in [5, 5.41) is 0. The van der Waals surface area contributed by atoms with Crippen LogP contribution in [0.5, 0.6) is 0 Å². The van der Waals surface area contributed by atoms with Crippen molar-refractivity contribution in [1.82, 2.24) is 0 Å². The van der Waals surface area contributed by atoms with Crippen molar-refractivity contribution >= 4 is 11.7 Å². The van der Waals surface area contributed by atoms with Crippen molar-refractivity contribution in [2.75, 3.05) is 0 Å². The Morgan fingerprint density at radius 3 is 2.25 bits per heavy atom. The first kappa shape index (κ1) is 27.3. The highest BCUT2D eigenvalue weighted by atomic mass is 19.1. The van der Waals surface area contributed by atoms with Crippen LogP contribution in [0.4, 0.5) is 8.78 Å². The van der Waals surface area contributed by atoms with Gasteiger partial charge in [0.15, 0.2) is 5.84 Å². The van der Waals surface area contributed by atoms with Crippen LogP contribution < -0.4 is 5.73 Å². The van der Waals surface area contributed by atoms with Gasteiger partial charge in [-0.3, -0.25) is 4.99 Å². The first-order valence-electron chi connectivity index (χ1n) is 12.6. The van der Waals surface area contributed by atoms with Crippen molar-refractivity contribution in [2.45, 2.75) is 72.3 Å². The minimum absolute atomic E-state index is 0.0934. The maximum atomic E-state index is 15.1. The topological polar surface area (TPSA) is 50.7 Å². The van der Waals surface area contributed by atoms with E-state index in [1.807, 2.05) is 32.9 Å². The van der Waals surface area contributed by atoms with Gasteiger partial charge in [-0.2, -0.15) is 0 Å². The zero-order valence-electron chi connectivity index (χ0n) is 22.2. The van der Waals surface area contributed by atoms with E-state index in [1.165, 1.54) is 11.6 Å². The van der Waals surface area contributed by atoms with Crippen LogP contribution in [-0.2, 0) is 12.0 Å². The molecular formula is C31H37F2N3. The van der Waals surface area contributed by atoms with Gasteiger partial charge in [0, 0.05) is 12.5 Å². The largest absolute Gasteiger partial charge is 0.387 e. The second-order valence-electron chi connectivity index (χ2n) is 10.5. The van der Waals surface area contributed by atoms with E-state index in [2.05, 4.69) is 67.2 Å². The van der Waals surface area contributed by atoms with Gasteiger partial charge in [-0.1, -0.05) is 84.0 Å². The summed E-state index contributed by atoms with van der Waals surface area (Å²) in [6.07, 6.45) is 1.38. The Morgan fingerprint density at radius 2 is 1.64 bits per heavy atom. The Kier molecular flexibility index (Phi) is 8.78. The molecule has 0 heterocycles. The lowest BCUT2D eigenvalue weighted by atomic mass is 9.86. The van der Waals surface area contributed by atoms with Crippen LogP contribution >= 0.6 is 0 Å². The summed E-state index contributed by atoms with van der Waals surface area (Å²) < 4.78 is 29.1. The van der Waals surface area contributed by atoms with Gasteiger partial charge < -0.3 is 5.73 Å². The summed E-state index contributed by atoms with van der Waals surface area (Å²) in [6.45, 7) is 12.7. The van der Waals surface area contributed by atoms with Crippen LogP contribution in [0, 0.1) is 11.6 Å². The number of benzene rings is 3. The van der Waals surface area contributed by atoms with Crippen molar-refractivity contribution in [3.05, 3.63) is 94.6 Å². The molecule has 0 aromatic heterocycles. The number of amidine groups is 2. The van der Waals surface area contributed by atoms with E-state index in [0.717, 1.165) is 29.2 Å². The molecule has 190 valence electrons. The maximum Gasteiger partial charge on any atom is 0.160 e. The fourth-order valence-corrected chi connectivity index (χ4v) is 4.08. The summed E-state index contributed by atoms with van der Waals surface area (Å²) >= 11 is 0. The van der Waals surface area contributed by atoms with E-state index in [9.17, 15) is 4.39 Å². The monoisotopic (exact) mass is 489 g/mol. The quantitative estimate of drug-likeness (QED) is 0.264. The lowest BCUT2D eigenvalue weighted by molar-refractivity contribution is 0.575. The van der Waals surface area contributed by atoms with Crippen molar-refractivity contribution in [2.24, 2.45) is 15.7 Å². The first-order chi connectivity index (χ1) is 17.0. The van der Waals surface area contributed by atoms with Gasteiger partial charge in [-0.15, -0.1) is 0 Å². The summed E-state index contributed by atoms with van der Waals surface area (Å²) in [5.74, 6) is -0.838. The molecule has 2 N–H and O–H groups in total. The molecule has 0 spiro atoms. The van der Waals surface area contributed by atoms with Crippen LogP contribution in [0.25, 0.3) is 11.1 Å². The molecule has 0 bridgehead atoms. The van der Waals surface area contributed by atoms with Gasteiger partial charge in [-0.05, 0) is 57.7 Å². The maximum absolute atomic E-state index is 15.1. The highest BCUT2D eigenvalue weighted by Gasteiger charge is 2.19. The van der Waals surface area contributed by atoms with E-state index >= 15 is 4.39 Å². The minimum atomic E-state index is -0.682. The number of nitrogens with zero attached hydrogens (tertiary/aromatic N) is 2. The highest BCUT2D eigenvalue weighted by molar-refractivity contribution is 6.07. The first-order valence-corrected chi connectivity index (χ1v) is 12.6. The third-order valence-electron chi connectivity index (χ3n) is 6.11. The Bertz CT molecular complexity index is 1250. The average Bonchev–Trinajstić information content (AvgIpc) is 2.81. The second kappa shape index (κ2) is 11.6. The summed E-state index contributed by atoms with van der Waals surface area (Å²) in [4.78, 5) is 9.17. The predicted octanol–water partition coefficient (Wildman–Crippen LogP) is 8.16. The smallest absolute Gasteiger partial charge is 0.160 e. The zero-order chi connectivity index (χ0) is 26.5. The van der Waals surface area contributed by atoms with Gasteiger partial charge >= 0.3 is 0 Å². The van der Waals surface area contributed by atoms with Crippen molar-refractivity contribution in [1.29, 1.82) is 0 Å². The molecule has 0 aliphatic heterocycles. The molecule has 0 saturated heterocycles. The molecule has 3 nitrogen and oxygen atoms in total. The number of halogens is 2. The summed E-state index contributed by atoms with van der Waals surface area (Å²) in [5.41, 5.74) is 11.4. The molecule has 3 rings (SSSR count). The lowest BCUT2D eigenvalue weighted by Gasteiger charge is -2.19. The van der Waals surface area contributed by atoms with E-state index in [4.69, 9.17) is 5.73 Å². The van der Waals surface area contributed by atoms with Gasteiger partial charge in [0.1, 0.15) is 17.5 Å². The van der Waals surface area contributed by atoms with Crippen molar-refractivity contribution in [3.63, 3.8) is 0 Å². The zero-order valence-corrected chi connectivity index (χ0v) is 22.2. The van der Waals surface area contributed by atoms with E-state index in [0.29, 0.717) is 24.4 Å². The molecule has 0 atom stereocenters. The summed E-state index contributed by atoms with van der Waals surface area (Å²) in [6, 6.07) is 18.9. The molecule has 0 aliphatic carbocycles. The molecule has 3 aromatic carbocycles. The molecule has 0 unspecified atom stereocenters. The third kappa shape index (κ3) is 6.87. The normalized spacial score (nSPS) is 12.9. The standard InChI is InChI=1S/C31H37F2N3/c1-7-9-28(34)36-30(29-26(20(2)3)17-25(32)18-27(29)33)35-19-21-10-8-11-23(16-21)22-12-14-24(15-13-22)31(4,5)6/h8,10-18,20H,7,9,19H2,1-6H3,(H2,34,35,36). The molecule has 0 fully saturated rings. The number of hydrogen-bond acceptors (Lipinski definition) is 1. The van der Waals surface area contributed by atoms with Crippen LogP contribution in [-0.4, -0.2) is 11.7 Å². The van der Waals surface area contributed by atoms with Gasteiger partial charge in [0.05, 0.1) is 12.1 Å². The fraction of sp³-hybridized carbons (Fsp3) is 0.355. The highest BCUT2D eigenvalue weighted by Crippen LogP contribution is 2.28. The van der Waals surface area contributed by atoms with E-state index in [-0.39, 0.29) is 22.7 Å². The number of hydrogen-bond donors (Lipinski definition) is 1. The molecule has 0 saturated carbocycles. The fourth-order valence-electron chi connectivity index (χ4n) is 4.08. The minimum Gasteiger partial charge on any atom is -0.387 e. The molecule has 0 radical (unpaired) electrons. The Labute approximate surface area is 214 Å². The molecule has 36 heavy (non-hydrogen) atoms. The SMILES string of the molecule is CCCC(N)=NC(=NCc1cccc(-c2ccc(C(C)(C)C)cc2)c1)c1c(F)cc(F)cc1C(C)C. The number of aliphatic imine (C=N–C) groups is 2. The van der Waals surface area contributed by atoms with Crippen LogP contribution in [0.3, 0.4) is 0 Å². The van der Waals surface area contributed by atoms with Crippen molar-refractivity contribution < 1.29 is 8.78 Å². The Morgan fingerprint density at radius 1 is 0.944 bits per heavy atom. The molecule has 0 aliphatic rings. The van der Waals surface area contributed by atoms with E-state index in [1.54, 1.807) is 0 Å². The van der Waals surface area contributed by atoms with Crippen molar-refractivity contribution in [3.8, 4) is 11.1 Å². The number of nitrogens with two attached hydrogens (primary N) is 1. The lowest BCUT2D eigenvalue weighted by Crippen LogP contribution is -2.17. The summed E-state index contributed by atoms with van der Waals surface area (Å²) in [7, 11) is 0. The average molecular weight is 490 g/mol. The third-order valence-corrected chi connectivity index (χ3v) is 6.11. The van der Waals surface area contributed by atoms with Gasteiger partial charge in [0.2, 0.25) is 0 Å². The predicted molar refractivity (Wildman–Crippen MR) is 148 cm³/mol. The second-order valence-corrected chi connectivity index (χ2v) is 10.5. The van der Waals surface area contributed by atoms with Crippen LogP contribution in [0.1, 0.15) is 82.6 Å². The van der Waals surface area contributed by atoms with Crippen LogP contribution in [0.15, 0.2) is 70.6 Å². The van der Waals surface area contributed by atoms with E-state index < -0.39 is 11.6 Å². The number of rotatable bonds is 7.